The molecular weight excluding hydrogens is 315 g/mol. The summed E-state index contributed by atoms with van der Waals surface area (Å²) >= 11 is 0. The van der Waals surface area contributed by atoms with Crippen LogP contribution >= 0.6 is 0 Å². The Bertz CT molecular complexity index is 721. The van der Waals surface area contributed by atoms with Crippen molar-refractivity contribution in [3.8, 4) is 0 Å². The highest BCUT2D eigenvalue weighted by Gasteiger charge is 2.51. The first-order valence-corrected chi connectivity index (χ1v) is 7.78. The molecule has 4 heterocycles. The SMILES string of the molecule is O=C(NC[C@]12COC[C@H]1CN(c1ncc(F)cn1)C2)c1ccco1. The van der Waals surface area contributed by atoms with Gasteiger partial charge in [0.25, 0.3) is 5.91 Å². The molecule has 126 valence electrons. The Hall–Kier alpha value is -2.48. The molecule has 8 heteroatoms. The Balaban J connectivity index is 1.46. The number of nitrogens with one attached hydrogen (secondary N) is 1. The van der Waals surface area contributed by atoms with Crippen LogP contribution in [0.2, 0.25) is 0 Å². The molecule has 1 amide bonds. The van der Waals surface area contributed by atoms with Gasteiger partial charge in [-0.2, -0.15) is 0 Å². The number of halogens is 1. The van der Waals surface area contributed by atoms with Gasteiger partial charge in [-0.25, -0.2) is 14.4 Å². The molecule has 1 N–H and O–H groups in total. The van der Waals surface area contributed by atoms with E-state index in [0.717, 1.165) is 18.9 Å². The van der Waals surface area contributed by atoms with Crippen LogP contribution in [0.5, 0.6) is 0 Å². The minimum atomic E-state index is -0.457. The molecule has 7 nitrogen and oxygen atoms in total. The van der Waals surface area contributed by atoms with Gasteiger partial charge in [-0.05, 0) is 12.1 Å². The van der Waals surface area contributed by atoms with Crippen molar-refractivity contribution in [3.63, 3.8) is 0 Å². The topological polar surface area (TPSA) is 80.5 Å². The third-order valence-electron chi connectivity index (χ3n) is 4.76. The average molecular weight is 332 g/mol. The number of ether oxygens (including phenoxy) is 1. The predicted molar refractivity (Wildman–Crippen MR) is 82.0 cm³/mol. The molecule has 24 heavy (non-hydrogen) atoms. The summed E-state index contributed by atoms with van der Waals surface area (Å²) in [5.41, 5.74) is -0.194. The number of carbonyl (C=O) groups is 1. The standard InChI is InChI=1S/C16H17FN4O3/c17-12-4-18-15(19-5-12)21-6-11-7-23-10-16(11,9-21)8-20-14(22)13-2-1-3-24-13/h1-5,11H,6-10H2,(H,20,22)/t11-,16+/m1/s1. The van der Waals surface area contributed by atoms with Crippen LogP contribution < -0.4 is 10.2 Å². The van der Waals surface area contributed by atoms with Crippen molar-refractivity contribution < 1.29 is 18.3 Å². The van der Waals surface area contributed by atoms with E-state index in [-0.39, 0.29) is 17.2 Å². The lowest BCUT2D eigenvalue weighted by molar-refractivity contribution is 0.0892. The van der Waals surface area contributed by atoms with Gasteiger partial charge in [0.1, 0.15) is 0 Å². The molecule has 2 fully saturated rings. The Morgan fingerprint density at radius 2 is 2.29 bits per heavy atom. The molecule has 0 bridgehead atoms. The summed E-state index contributed by atoms with van der Waals surface area (Å²) in [5.74, 6) is 0.364. The van der Waals surface area contributed by atoms with Crippen LogP contribution in [0.15, 0.2) is 35.2 Å². The minimum Gasteiger partial charge on any atom is -0.459 e. The van der Waals surface area contributed by atoms with E-state index >= 15 is 0 Å². The zero-order chi connectivity index (χ0) is 16.6. The van der Waals surface area contributed by atoms with Crippen LogP contribution in [-0.4, -0.2) is 48.7 Å². The van der Waals surface area contributed by atoms with Gasteiger partial charge in [0, 0.05) is 31.0 Å². The third kappa shape index (κ3) is 2.62. The number of anilines is 1. The fourth-order valence-corrected chi connectivity index (χ4v) is 3.45. The van der Waals surface area contributed by atoms with E-state index in [1.165, 1.54) is 6.26 Å². The van der Waals surface area contributed by atoms with Crippen LogP contribution in [0.1, 0.15) is 10.6 Å². The molecular formula is C16H17FN4O3. The fourth-order valence-electron chi connectivity index (χ4n) is 3.45. The van der Waals surface area contributed by atoms with Gasteiger partial charge in [0.15, 0.2) is 11.6 Å². The first-order valence-electron chi connectivity index (χ1n) is 7.78. The lowest BCUT2D eigenvalue weighted by Gasteiger charge is -2.27. The van der Waals surface area contributed by atoms with Crippen molar-refractivity contribution in [1.29, 1.82) is 0 Å². The molecule has 0 spiro atoms. The van der Waals surface area contributed by atoms with Crippen molar-refractivity contribution in [1.82, 2.24) is 15.3 Å². The molecule has 0 radical (unpaired) electrons. The largest absolute Gasteiger partial charge is 0.459 e. The Labute approximate surface area is 137 Å². The molecule has 2 aliphatic rings. The highest BCUT2D eigenvalue weighted by atomic mass is 19.1. The van der Waals surface area contributed by atoms with E-state index < -0.39 is 5.82 Å². The zero-order valence-corrected chi connectivity index (χ0v) is 12.9. The van der Waals surface area contributed by atoms with E-state index in [1.54, 1.807) is 12.1 Å². The summed E-state index contributed by atoms with van der Waals surface area (Å²) in [6.07, 6.45) is 3.80. The fraction of sp³-hybridized carbons (Fsp3) is 0.438. The normalized spacial score (nSPS) is 25.7. The number of furan rings is 1. The third-order valence-corrected chi connectivity index (χ3v) is 4.76. The number of hydrogen-bond acceptors (Lipinski definition) is 6. The summed E-state index contributed by atoms with van der Waals surface area (Å²) in [6.45, 7) is 3.06. The maximum absolute atomic E-state index is 13.0. The second kappa shape index (κ2) is 5.86. The average Bonchev–Trinajstić information content (AvgIpc) is 3.29. The first-order chi connectivity index (χ1) is 11.7. The van der Waals surface area contributed by atoms with Gasteiger partial charge >= 0.3 is 0 Å². The molecule has 2 atom stereocenters. The van der Waals surface area contributed by atoms with Gasteiger partial charge in [-0.1, -0.05) is 0 Å². The van der Waals surface area contributed by atoms with Crippen LogP contribution in [0.25, 0.3) is 0 Å². The molecule has 4 rings (SSSR count). The number of amides is 1. The highest BCUT2D eigenvalue weighted by molar-refractivity contribution is 5.91. The molecule has 0 unspecified atom stereocenters. The second-order valence-electron chi connectivity index (χ2n) is 6.32. The lowest BCUT2D eigenvalue weighted by atomic mass is 9.81. The summed E-state index contributed by atoms with van der Waals surface area (Å²) in [7, 11) is 0. The van der Waals surface area contributed by atoms with Gasteiger partial charge in [0.2, 0.25) is 5.95 Å². The number of aromatic nitrogens is 2. The van der Waals surface area contributed by atoms with Crippen molar-refractivity contribution >= 4 is 11.9 Å². The number of hydrogen-bond donors (Lipinski definition) is 1. The molecule has 0 aliphatic carbocycles. The molecule has 2 aliphatic heterocycles. The summed E-state index contributed by atoms with van der Waals surface area (Å²) in [6, 6.07) is 3.31. The van der Waals surface area contributed by atoms with E-state index in [0.29, 0.717) is 38.0 Å². The van der Waals surface area contributed by atoms with Crippen LogP contribution in [0, 0.1) is 17.2 Å². The van der Waals surface area contributed by atoms with Gasteiger partial charge in [-0.3, -0.25) is 4.79 Å². The Kier molecular flexibility index (Phi) is 3.68. The number of rotatable bonds is 4. The maximum atomic E-state index is 13.0. The van der Waals surface area contributed by atoms with Gasteiger partial charge in [0.05, 0.1) is 31.9 Å². The number of fused-ring (bicyclic) bond motifs is 1. The second-order valence-corrected chi connectivity index (χ2v) is 6.32. The lowest BCUT2D eigenvalue weighted by Crippen LogP contribution is -2.43. The van der Waals surface area contributed by atoms with Gasteiger partial charge in [-0.15, -0.1) is 0 Å². The van der Waals surface area contributed by atoms with Crippen LogP contribution in [0.4, 0.5) is 10.3 Å². The van der Waals surface area contributed by atoms with Crippen molar-refractivity contribution in [3.05, 3.63) is 42.4 Å². The van der Waals surface area contributed by atoms with Crippen molar-refractivity contribution in [2.75, 3.05) is 37.7 Å². The summed E-state index contributed by atoms with van der Waals surface area (Å²) in [5, 5.41) is 2.93. The van der Waals surface area contributed by atoms with Crippen LogP contribution in [-0.2, 0) is 4.74 Å². The first kappa shape index (κ1) is 15.1. The van der Waals surface area contributed by atoms with Crippen LogP contribution in [0.3, 0.4) is 0 Å². The Morgan fingerprint density at radius 1 is 1.46 bits per heavy atom. The quantitative estimate of drug-likeness (QED) is 0.903. The zero-order valence-electron chi connectivity index (χ0n) is 12.9. The smallest absolute Gasteiger partial charge is 0.286 e. The highest BCUT2D eigenvalue weighted by Crippen LogP contribution is 2.41. The van der Waals surface area contributed by atoms with E-state index in [1.807, 2.05) is 4.90 Å². The molecule has 2 aromatic heterocycles. The molecule has 0 aromatic carbocycles. The Morgan fingerprint density at radius 3 is 3.04 bits per heavy atom. The van der Waals surface area contributed by atoms with Crippen molar-refractivity contribution in [2.24, 2.45) is 11.3 Å². The number of carbonyl (C=O) groups excluding carboxylic acids is 1. The summed E-state index contributed by atoms with van der Waals surface area (Å²) in [4.78, 5) is 22.2. The maximum Gasteiger partial charge on any atom is 0.286 e. The predicted octanol–water partition coefficient (Wildman–Crippen LogP) is 1.09. The van der Waals surface area contributed by atoms with Gasteiger partial charge < -0.3 is 19.4 Å². The number of nitrogens with zero attached hydrogens (tertiary/aromatic N) is 3. The molecule has 2 saturated heterocycles. The minimum absolute atomic E-state index is 0.194. The summed E-state index contributed by atoms with van der Waals surface area (Å²) < 4.78 is 23.8. The van der Waals surface area contributed by atoms with E-state index in [4.69, 9.17) is 9.15 Å². The van der Waals surface area contributed by atoms with Crippen molar-refractivity contribution in [2.45, 2.75) is 0 Å². The molecule has 2 aromatic rings. The monoisotopic (exact) mass is 332 g/mol. The molecule has 0 saturated carbocycles. The van der Waals surface area contributed by atoms with E-state index in [9.17, 15) is 9.18 Å². The van der Waals surface area contributed by atoms with E-state index in [2.05, 4.69) is 15.3 Å².